The fourth-order valence-electron chi connectivity index (χ4n) is 3.05. The maximum atomic E-state index is 12.7. The maximum absolute atomic E-state index is 12.7. The van der Waals surface area contributed by atoms with Gasteiger partial charge in [0.25, 0.3) is 10.0 Å². The summed E-state index contributed by atoms with van der Waals surface area (Å²) in [4.78, 5) is 4.30. The Labute approximate surface area is 197 Å². The van der Waals surface area contributed by atoms with Gasteiger partial charge in [-0.1, -0.05) is 53.0 Å². The van der Waals surface area contributed by atoms with E-state index in [0.29, 0.717) is 32.5 Å². The minimum absolute atomic E-state index is 0.0287. The van der Waals surface area contributed by atoms with Gasteiger partial charge in [0.1, 0.15) is 16.4 Å². The lowest BCUT2D eigenvalue weighted by molar-refractivity contribution is 0.485. The van der Waals surface area contributed by atoms with Crippen molar-refractivity contribution < 1.29 is 13.2 Å². The van der Waals surface area contributed by atoms with Crippen LogP contribution in [0.15, 0.2) is 71.8 Å². The quantitative estimate of drug-likeness (QED) is 0.393. The monoisotopic (exact) mass is 508 g/mol. The van der Waals surface area contributed by atoms with Gasteiger partial charge >= 0.3 is 0 Å². The number of rotatable bonds is 5. The number of ether oxygens (including phenoxy) is 1. The van der Waals surface area contributed by atoms with Crippen LogP contribution in [0.3, 0.4) is 0 Å². The molecule has 1 aromatic heterocycles. The molecule has 31 heavy (non-hydrogen) atoms. The van der Waals surface area contributed by atoms with Crippen LogP contribution < -0.4 is 14.6 Å². The van der Waals surface area contributed by atoms with E-state index in [2.05, 4.69) is 9.71 Å². The molecule has 0 aliphatic rings. The van der Waals surface area contributed by atoms with E-state index in [9.17, 15) is 8.42 Å². The van der Waals surface area contributed by atoms with Crippen molar-refractivity contribution >= 4 is 76.8 Å². The molecule has 0 radical (unpaired) electrons. The van der Waals surface area contributed by atoms with Crippen LogP contribution in [0.5, 0.6) is 11.5 Å². The van der Waals surface area contributed by atoms with E-state index in [0.717, 1.165) is 16.1 Å². The molecule has 5 nitrogen and oxygen atoms in total. The summed E-state index contributed by atoms with van der Waals surface area (Å²) in [7, 11) is -3.36. The average molecular weight is 510 g/mol. The smallest absolute Gasteiger partial charge is 0.263 e. The van der Waals surface area contributed by atoms with Gasteiger partial charge in [-0.15, -0.1) is 0 Å². The first-order valence-corrected chi connectivity index (χ1v) is 12.7. The maximum Gasteiger partial charge on any atom is 0.263 e. The second-order valence-electron chi connectivity index (χ2n) is 6.75. The largest absolute Gasteiger partial charge is 0.454 e. The predicted molar refractivity (Wildman–Crippen MR) is 130 cm³/mol. The van der Waals surface area contributed by atoms with Crippen molar-refractivity contribution in [1.82, 2.24) is 4.98 Å². The van der Waals surface area contributed by atoms with Crippen molar-refractivity contribution in [2.75, 3.05) is 4.72 Å². The van der Waals surface area contributed by atoms with Crippen LogP contribution in [0.25, 0.3) is 10.9 Å². The Morgan fingerprint density at radius 2 is 1.71 bits per heavy atom. The number of hydrogen-bond acceptors (Lipinski definition) is 4. The standard InChI is InChI=1S/C21H15Cl3N2O3SSi/c22-13-5-6-19(16(23)8-13)30(27,28)26-14-9-17(24)21(20(31)10-14)29-15-7-12-3-1-2-4-18(12)25-11-15/h1-11,26H,31H3. The summed E-state index contributed by atoms with van der Waals surface area (Å²) in [6.45, 7) is 0. The minimum atomic E-state index is -3.92. The Morgan fingerprint density at radius 1 is 0.935 bits per heavy atom. The molecule has 4 aromatic rings. The van der Waals surface area contributed by atoms with E-state index < -0.39 is 10.0 Å². The first-order chi connectivity index (χ1) is 14.7. The second-order valence-corrected chi connectivity index (χ2v) is 10.7. The summed E-state index contributed by atoms with van der Waals surface area (Å²) in [6.07, 6.45) is 1.62. The normalized spacial score (nSPS) is 11.6. The molecule has 3 aromatic carbocycles. The molecule has 0 amide bonds. The van der Waals surface area contributed by atoms with E-state index >= 15 is 0 Å². The molecule has 0 spiro atoms. The van der Waals surface area contributed by atoms with Crippen LogP contribution in [0.1, 0.15) is 0 Å². The summed E-state index contributed by atoms with van der Waals surface area (Å²) in [6, 6.07) is 16.9. The number of hydrogen-bond donors (Lipinski definition) is 1. The Morgan fingerprint density at radius 3 is 2.45 bits per heavy atom. The van der Waals surface area contributed by atoms with Crippen molar-refractivity contribution in [3.05, 3.63) is 81.9 Å². The molecule has 0 unspecified atom stereocenters. The fraction of sp³-hybridized carbons (Fsp3) is 0. The van der Waals surface area contributed by atoms with E-state index in [4.69, 9.17) is 39.5 Å². The highest BCUT2D eigenvalue weighted by molar-refractivity contribution is 7.92. The number of fused-ring (bicyclic) bond motifs is 1. The van der Waals surface area contributed by atoms with Crippen molar-refractivity contribution in [2.45, 2.75) is 4.90 Å². The number of halogens is 3. The molecule has 0 aliphatic carbocycles. The van der Waals surface area contributed by atoms with Gasteiger partial charge in [0.05, 0.1) is 27.4 Å². The Balaban J connectivity index is 1.62. The zero-order valence-electron chi connectivity index (χ0n) is 16.1. The number of nitrogens with one attached hydrogen (secondary N) is 1. The fourth-order valence-corrected chi connectivity index (χ4v) is 6.01. The molecule has 158 valence electrons. The van der Waals surface area contributed by atoms with E-state index in [1.807, 2.05) is 30.3 Å². The summed E-state index contributed by atoms with van der Waals surface area (Å²) in [5, 5.41) is 2.37. The number of nitrogens with zero attached hydrogens (tertiary/aromatic N) is 1. The van der Waals surface area contributed by atoms with Crippen LogP contribution >= 0.6 is 34.8 Å². The Kier molecular flexibility index (Phi) is 6.14. The van der Waals surface area contributed by atoms with Gasteiger partial charge in [0, 0.05) is 20.7 Å². The van der Waals surface area contributed by atoms with Gasteiger partial charge in [0.15, 0.2) is 0 Å². The third-order valence-corrected chi connectivity index (χ3v) is 7.57. The number of sulfonamides is 1. The first-order valence-electron chi connectivity index (χ1n) is 9.03. The molecule has 0 fully saturated rings. The number of pyridine rings is 1. The van der Waals surface area contributed by atoms with Gasteiger partial charge in [-0.3, -0.25) is 9.71 Å². The summed E-state index contributed by atoms with van der Waals surface area (Å²) in [5.41, 5.74) is 1.17. The highest BCUT2D eigenvalue weighted by atomic mass is 35.5. The lowest BCUT2D eigenvalue weighted by Gasteiger charge is -2.15. The molecule has 0 saturated heterocycles. The summed E-state index contributed by atoms with van der Waals surface area (Å²) >= 11 is 18.3. The van der Waals surface area contributed by atoms with Crippen LogP contribution in [0, 0.1) is 0 Å². The molecular formula is C21H15Cl3N2O3SSi. The lowest BCUT2D eigenvalue weighted by atomic mass is 10.2. The van der Waals surface area contributed by atoms with Crippen LogP contribution in [0.2, 0.25) is 15.1 Å². The predicted octanol–water partition coefficient (Wildman–Crippen LogP) is 4.78. The SMILES string of the molecule is O=S(=O)(Nc1cc([SiH3])c(Oc2cnc3ccccc3c2)c(Cl)c1)c1ccc(Cl)cc1Cl. The zero-order valence-corrected chi connectivity index (χ0v) is 21.1. The lowest BCUT2D eigenvalue weighted by Crippen LogP contribution is -2.16. The summed E-state index contributed by atoms with van der Waals surface area (Å²) in [5.74, 6) is 1.01. The highest BCUT2D eigenvalue weighted by Gasteiger charge is 2.20. The van der Waals surface area contributed by atoms with Crippen molar-refractivity contribution in [3.63, 3.8) is 0 Å². The van der Waals surface area contributed by atoms with Crippen molar-refractivity contribution in [3.8, 4) is 11.5 Å². The molecular weight excluding hydrogens is 495 g/mol. The van der Waals surface area contributed by atoms with E-state index in [-0.39, 0.29) is 14.9 Å². The van der Waals surface area contributed by atoms with Crippen LogP contribution in [0.4, 0.5) is 5.69 Å². The number of anilines is 1. The second kappa shape index (κ2) is 8.68. The molecule has 10 heteroatoms. The molecule has 1 N–H and O–H groups in total. The third-order valence-electron chi connectivity index (χ3n) is 4.45. The molecule has 4 rings (SSSR count). The number of aromatic nitrogens is 1. The van der Waals surface area contributed by atoms with Crippen molar-refractivity contribution in [1.29, 1.82) is 0 Å². The molecule has 0 aliphatic heterocycles. The first kappa shape index (κ1) is 21.9. The highest BCUT2D eigenvalue weighted by Crippen LogP contribution is 2.32. The van der Waals surface area contributed by atoms with Crippen LogP contribution in [-0.2, 0) is 10.0 Å². The molecule has 0 bridgehead atoms. The number of benzene rings is 3. The van der Waals surface area contributed by atoms with Gasteiger partial charge in [-0.05, 0) is 47.7 Å². The van der Waals surface area contributed by atoms with Gasteiger partial charge in [0.2, 0.25) is 0 Å². The van der Waals surface area contributed by atoms with Gasteiger partial charge in [-0.25, -0.2) is 8.42 Å². The average Bonchev–Trinajstić information content (AvgIpc) is 2.70. The summed E-state index contributed by atoms with van der Waals surface area (Å²) < 4.78 is 34.0. The topological polar surface area (TPSA) is 68.3 Å². The van der Waals surface area contributed by atoms with Gasteiger partial charge in [-0.2, -0.15) is 0 Å². The van der Waals surface area contributed by atoms with Crippen molar-refractivity contribution in [2.24, 2.45) is 0 Å². The third kappa shape index (κ3) is 4.81. The molecule has 1 heterocycles. The molecule has 0 atom stereocenters. The number of para-hydroxylation sites is 1. The van der Waals surface area contributed by atoms with Gasteiger partial charge < -0.3 is 4.74 Å². The minimum Gasteiger partial charge on any atom is -0.454 e. The molecule has 0 saturated carbocycles. The van der Waals surface area contributed by atoms with Crippen LogP contribution in [-0.4, -0.2) is 23.6 Å². The zero-order chi connectivity index (χ0) is 22.2. The Hall–Kier alpha value is -2.29. The Bertz CT molecular complexity index is 1390. The van der Waals surface area contributed by atoms with E-state index in [1.54, 1.807) is 12.3 Å². The van der Waals surface area contributed by atoms with E-state index in [1.165, 1.54) is 24.3 Å².